The molecule has 8 heteroatoms. The van der Waals surface area contributed by atoms with Crippen LogP contribution in [0.1, 0.15) is 71.9 Å². The van der Waals surface area contributed by atoms with Gasteiger partial charge in [-0.1, -0.05) is 51.9 Å². The maximum atomic E-state index is 5.45. The van der Waals surface area contributed by atoms with Crippen LogP contribution in [0.4, 0.5) is 0 Å². The average Bonchev–Trinajstić information content (AvgIpc) is 3.18. The van der Waals surface area contributed by atoms with Crippen molar-refractivity contribution in [1.29, 1.82) is 0 Å². The Hall–Kier alpha value is -1.80. The standard InChI is InChI=1S/C19H32N6O2/c1-13-10-24(11-14-20-16(22-26-14)18(2,3)4)8-9-25(13)12-15-21-17(23-27-15)19(5,6)7/h13H,8-12H2,1-7H3. The highest BCUT2D eigenvalue weighted by Crippen LogP contribution is 2.21. The van der Waals surface area contributed by atoms with Crippen molar-refractivity contribution in [1.82, 2.24) is 30.1 Å². The van der Waals surface area contributed by atoms with E-state index in [1.807, 2.05) is 0 Å². The molecule has 0 radical (unpaired) electrons. The highest BCUT2D eigenvalue weighted by molar-refractivity contribution is 5.01. The van der Waals surface area contributed by atoms with Gasteiger partial charge in [-0.05, 0) is 6.92 Å². The summed E-state index contributed by atoms with van der Waals surface area (Å²) in [6.45, 7) is 19.0. The van der Waals surface area contributed by atoms with Crippen molar-refractivity contribution in [2.75, 3.05) is 19.6 Å². The second kappa shape index (κ2) is 7.31. The third-order valence-corrected chi connectivity index (χ3v) is 4.82. The Bertz CT molecular complexity index is 755. The molecule has 0 aromatic carbocycles. The highest BCUT2D eigenvalue weighted by atomic mass is 16.5. The summed E-state index contributed by atoms with van der Waals surface area (Å²) >= 11 is 0. The summed E-state index contributed by atoms with van der Waals surface area (Å²) in [4.78, 5) is 13.8. The van der Waals surface area contributed by atoms with E-state index in [1.165, 1.54) is 0 Å². The van der Waals surface area contributed by atoms with Crippen LogP contribution in [0.2, 0.25) is 0 Å². The first-order chi connectivity index (χ1) is 12.5. The van der Waals surface area contributed by atoms with Crippen molar-refractivity contribution in [2.24, 2.45) is 0 Å². The molecule has 1 fully saturated rings. The molecule has 0 aliphatic carbocycles. The molecule has 0 saturated carbocycles. The molecule has 0 bridgehead atoms. The molecule has 3 rings (SSSR count). The summed E-state index contributed by atoms with van der Waals surface area (Å²) in [5.41, 5.74) is -0.189. The number of nitrogens with zero attached hydrogens (tertiary/aromatic N) is 6. The summed E-state index contributed by atoms with van der Waals surface area (Å²) in [6, 6.07) is 0.383. The molecule has 1 unspecified atom stereocenters. The first-order valence-corrected chi connectivity index (χ1v) is 9.65. The zero-order valence-corrected chi connectivity index (χ0v) is 17.6. The van der Waals surface area contributed by atoms with E-state index in [0.717, 1.165) is 31.3 Å². The van der Waals surface area contributed by atoms with Crippen LogP contribution in [-0.4, -0.2) is 55.8 Å². The molecule has 1 saturated heterocycles. The van der Waals surface area contributed by atoms with Gasteiger partial charge in [0.2, 0.25) is 11.8 Å². The molecule has 3 heterocycles. The van der Waals surface area contributed by atoms with Crippen molar-refractivity contribution in [2.45, 2.75) is 78.4 Å². The third-order valence-electron chi connectivity index (χ3n) is 4.82. The lowest BCUT2D eigenvalue weighted by atomic mass is 9.96. The molecule has 2 aromatic heterocycles. The van der Waals surface area contributed by atoms with Crippen molar-refractivity contribution < 1.29 is 9.05 Å². The first kappa shape index (κ1) is 19.9. The Kier molecular flexibility index (Phi) is 5.40. The van der Waals surface area contributed by atoms with E-state index in [4.69, 9.17) is 9.05 Å². The summed E-state index contributed by atoms with van der Waals surface area (Å²) in [5.74, 6) is 2.89. The van der Waals surface area contributed by atoms with E-state index in [2.05, 4.69) is 78.5 Å². The number of piperazine rings is 1. The van der Waals surface area contributed by atoms with Gasteiger partial charge in [0.25, 0.3) is 0 Å². The Morgan fingerprint density at radius 3 is 1.81 bits per heavy atom. The Morgan fingerprint density at radius 1 is 0.852 bits per heavy atom. The van der Waals surface area contributed by atoms with Gasteiger partial charge in [-0.2, -0.15) is 9.97 Å². The summed E-state index contributed by atoms with van der Waals surface area (Å²) in [6.07, 6.45) is 0. The van der Waals surface area contributed by atoms with Gasteiger partial charge in [0, 0.05) is 36.5 Å². The number of rotatable bonds is 4. The summed E-state index contributed by atoms with van der Waals surface area (Å²) < 4.78 is 10.9. The average molecular weight is 377 g/mol. The summed E-state index contributed by atoms with van der Waals surface area (Å²) in [7, 11) is 0. The summed E-state index contributed by atoms with van der Waals surface area (Å²) in [5, 5.41) is 8.23. The van der Waals surface area contributed by atoms with Crippen molar-refractivity contribution in [3.8, 4) is 0 Å². The van der Waals surface area contributed by atoms with E-state index in [1.54, 1.807) is 0 Å². The lowest BCUT2D eigenvalue weighted by Gasteiger charge is -2.38. The van der Waals surface area contributed by atoms with Gasteiger partial charge in [0.1, 0.15) is 0 Å². The fourth-order valence-electron chi connectivity index (χ4n) is 3.06. The Labute approximate surface area is 161 Å². The third kappa shape index (κ3) is 4.93. The molecular formula is C19H32N6O2. The second-order valence-corrected chi connectivity index (χ2v) is 9.58. The fraction of sp³-hybridized carbons (Fsp3) is 0.789. The van der Waals surface area contributed by atoms with Gasteiger partial charge in [-0.25, -0.2) is 0 Å². The molecular weight excluding hydrogens is 344 g/mol. The smallest absolute Gasteiger partial charge is 0.240 e. The van der Waals surface area contributed by atoms with Crippen LogP contribution in [0, 0.1) is 0 Å². The van der Waals surface area contributed by atoms with Gasteiger partial charge in [-0.3, -0.25) is 9.80 Å². The van der Waals surface area contributed by atoms with Gasteiger partial charge in [0.05, 0.1) is 13.1 Å². The van der Waals surface area contributed by atoms with Gasteiger partial charge >= 0.3 is 0 Å². The zero-order chi connectivity index (χ0) is 19.8. The number of hydrogen-bond acceptors (Lipinski definition) is 8. The molecule has 1 aliphatic rings. The molecule has 2 aromatic rings. The van der Waals surface area contributed by atoms with Crippen LogP contribution in [0.5, 0.6) is 0 Å². The topological polar surface area (TPSA) is 84.3 Å². The zero-order valence-electron chi connectivity index (χ0n) is 17.6. The minimum absolute atomic E-state index is 0.0935. The van der Waals surface area contributed by atoms with E-state index >= 15 is 0 Å². The van der Waals surface area contributed by atoms with E-state index in [-0.39, 0.29) is 10.8 Å². The fourth-order valence-corrected chi connectivity index (χ4v) is 3.06. The lowest BCUT2D eigenvalue weighted by Crippen LogP contribution is -2.51. The molecule has 8 nitrogen and oxygen atoms in total. The van der Waals surface area contributed by atoms with E-state index < -0.39 is 0 Å². The molecule has 0 amide bonds. The monoisotopic (exact) mass is 376 g/mol. The van der Waals surface area contributed by atoms with E-state index in [0.29, 0.717) is 30.9 Å². The van der Waals surface area contributed by atoms with Crippen molar-refractivity contribution >= 4 is 0 Å². The maximum absolute atomic E-state index is 5.45. The van der Waals surface area contributed by atoms with E-state index in [9.17, 15) is 0 Å². The molecule has 150 valence electrons. The first-order valence-electron chi connectivity index (χ1n) is 9.65. The quantitative estimate of drug-likeness (QED) is 0.805. The van der Waals surface area contributed by atoms with Gasteiger partial charge in [0.15, 0.2) is 11.6 Å². The van der Waals surface area contributed by atoms with Crippen molar-refractivity contribution in [3.05, 3.63) is 23.4 Å². The molecule has 1 aliphatic heterocycles. The second-order valence-electron chi connectivity index (χ2n) is 9.58. The van der Waals surface area contributed by atoms with Gasteiger partial charge in [-0.15, -0.1) is 0 Å². The molecule has 27 heavy (non-hydrogen) atoms. The van der Waals surface area contributed by atoms with Gasteiger partial charge < -0.3 is 9.05 Å². The maximum Gasteiger partial charge on any atom is 0.240 e. The molecule has 0 N–H and O–H groups in total. The number of aromatic nitrogens is 4. The highest BCUT2D eigenvalue weighted by Gasteiger charge is 2.28. The van der Waals surface area contributed by atoms with Crippen LogP contribution < -0.4 is 0 Å². The van der Waals surface area contributed by atoms with Crippen LogP contribution in [0.15, 0.2) is 9.05 Å². The van der Waals surface area contributed by atoms with Crippen LogP contribution in [0.25, 0.3) is 0 Å². The SMILES string of the molecule is CC1CN(Cc2nc(C(C)(C)C)no2)CCN1Cc1nc(C(C)(C)C)no1. The number of hydrogen-bond donors (Lipinski definition) is 0. The van der Waals surface area contributed by atoms with Crippen LogP contribution >= 0.6 is 0 Å². The minimum Gasteiger partial charge on any atom is -0.338 e. The minimum atomic E-state index is -0.0952. The normalized spacial score (nSPS) is 20.3. The predicted octanol–water partition coefficient (Wildman–Crippen LogP) is 2.75. The van der Waals surface area contributed by atoms with Crippen molar-refractivity contribution in [3.63, 3.8) is 0 Å². The van der Waals surface area contributed by atoms with Crippen LogP contribution in [0.3, 0.4) is 0 Å². The largest absolute Gasteiger partial charge is 0.338 e. The predicted molar refractivity (Wildman–Crippen MR) is 101 cm³/mol. The Morgan fingerprint density at radius 2 is 1.37 bits per heavy atom. The van der Waals surface area contributed by atoms with Crippen LogP contribution in [-0.2, 0) is 23.9 Å². The molecule has 0 spiro atoms. The Balaban J connectivity index is 1.54. The lowest BCUT2D eigenvalue weighted by molar-refractivity contribution is 0.0594. The molecule has 1 atom stereocenters.